The lowest BCUT2D eigenvalue weighted by atomic mass is 10.5. The Bertz CT molecular complexity index is 343. The molecule has 0 heterocycles. The third kappa shape index (κ3) is 7.52. The normalized spacial score (nSPS) is 14.7. The van der Waals surface area contributed by atoms with Gasteiger partial charge in [-0.15, -0.1) is 13.2 Å². The summed E-state index contributed by atoms with van der Waals surface area (Å²) in [4.78, 5) is 0. The molecular weight excluding hydrogens is 382 g/mol. The van der Waals surface area contributed by atoms with Crippen LogP contribution < -0.4 is 5.32 Å². The van der Waals surface area contributed by atoms with Crippen molar-refractivity contribution in [3.8, 4) is 0 Å². The fourth-order valence-corrected chi connectivity index (χ4v) is 8.32. The second-order valence-electron chi connectivity index (χ2n) is 5.40. The van der Waals surface area contributed by atoms with Crippen molar-refractivity contribution in [2.45, 2.75) is 52.9 Å². The summed E-state index contributed by atoms with van der Waals surface area (Å²) >= 11 is 0. The molecule has 9 heteroatoms. The first kappa shape index (κ1) is 26.6. The van der Waals surface area contributed by atoms with Gasteiger partial charge in [0.2, 0.25) is 0 Å². The van der Waals surface area contributed by atoms with Crippen molar-refractivity contribution in [2.75, 3.05) is 39.6 Å². The standard InChI is InChI=1S/C18H39NO6Si2/c1-9-17(26(20-11-3,21-12-4)22-13-5)19-18(10-2)27(23-14-6,24-15-7)25-16-8/h9-10,17-19H,1-2,11-16H2,3-8H3. The molecule has 0 aromatic carbocycles. The molecule has 0 saturated carbocycles. The lowest BCUT2D eigenvalue weighted by molar-refractivity contribution is 0.0524. The Kier molecular flexibility index (Phi) is 14.4. The van der Waals surface area contributed by atoms with Crippen LogP contribution in [0.5, 0.6) is 0 Å². The van der Waals surface area contributed by atoms with E-state index in [0.29, 0.717) is 39.6 Å². The van der Waals surface area contributed by atoms with Crippen LogP contribution in [0.2, 0.25) is 0 Å². The predicted octanol–water partition coefficient (Wildman–Crippen LogP) is 2.86. The van der Waals surface area contributed by atoms with Gasteiger partial charge in [-0.25, -0.2) is 0 Å². The summed E-state index contributed by atoms with van der Waals surface area (Å²) in [5, 5.41) is 3.48. The molecule has 0 rings (SSSR count). The van der Waals surface area contributed by atoms with E-state index in [0.717, 1.165) is 0 Å². The van der Waals surface area contributed by atoms with Gasteiger partial charge >= 0.3 is 17.6 Å². The van der Waals surface area contributed by atoms with Crippen molar-refractivity contribution in [3.05, 3.63) is 25.3 Å². The van der Waals surface area contributed by atoms with Gasteiger partial charge in [0.05, 0.1) is 11.3 Å². The molecule has 1 N–H and O–H groups in total. The smallest absolute Gasteiger partial charge is 0.373 e. The highest BCUT2D eigenvalue weighted by molar-refractivity contribution is 6.65. The van der Waals surface area contributed by atoms with Gasteiger partial charge in [0.25, 0.3) is 0 Å². The van der Waals surface area contributed by atoms with Gasteiger partial charge in [0.1, 0.15) is 0 Å². The van der Waals surface area contributed by atoms with E-state index in [1.54, 1.807) is 12.2 Å². The van der Waals surface area contributed by atoms with Crippen LogP contribution in [0.1, 0.15) is 41.5 Å². The van der Waals surface area contributed by atoms with Crippen LogP contribution in [0.3, 0.4) is 0 Å². The Balaban J connectivity index is 5.88. The second-order valence-corrected chi connectivity index (χ2v) is 10.8. The van der Waals surface area contributed by atoms with Crippen LogP contribution in [0.25, 0.3) is 0 Å². The molecule has 0 fully saturated rings. The van der Waals surface area contributed by atoms with E-state index >= 15 is 0 Å². The highest BCUT2D eigenvalue weighted by Crippen LogP contribution is 2.22. The van der Waals surface area contributed by atoms with E-state index in [-0.39, 0.29) is 11.3 Å². The molecule has 0 bridgehead atoms. The molecule has 0 aliphatic heterocycles. The van der Waals surface area contributed by atoms with Gasteiger partial charge in [-0.1, -0.05) is 12.2 Å². The van der Waals surface area contributed by atoms with Crippen molar-refractivity contribution < 1.29 is 26.6 Å². The molecule has 27 heavy (non-hydrogen) atoms. The Morgan fingerprint density at radius 1 is 0.593 bits per heavy atom. The highest BCUT2D eigenvalue weighted by Gasteiger charge is 2.54. The topological polar surface area (TPSA) is 67.4 Å². The zero-order valence-corrected chi connectivity index (χ0v) is 19.9. The lowest BCUT2D eigenvalue weighted by Crippen LogP contribution is -2.69. The van der Waals surface area contributed by atoms with E-state index in [1.165, 1.54) is 0 Å². The van der Waals surface area contributed by atoms with Crippen molar-refractivity contribution in [1.29, 1.82) is 0 Å². The summed E-state index contributed by atoms with van der Waals surface area (Å²) in [7, 11) is -6.15. The summed E-state index contributed by atoms with van der Waals surface area (Å²) < 4.78 is 36.1. The largest absolute Gasteiger partial charge is 0.522 e. The van der Waals surface area contributed by atoms with Gasteiger partial charge in [-0.05, 0) is 41.5 Å². The summed E-state index contributed by atoms with van der Waals surface area (Å²) in [6.45, 7) is 22.3. The summed E-state index contributed by atoms with van der Waals surface area (Å²) in [6.07, 6.45) is 3.51. The van der Waals surface area contributed by atoms with Crippen LogP contribution in [0.4, 0.5) is 0 Å². The first-order chi connectivity index (χ1) is 13.0. The average Bonchev–Trinajstić information content (AvgIpc) is 2.63. The van der Waals surface area contributed by atoms with E-state index in [4.69, 9.17) is 26.6 Å². The number of hydrogen-bond acceptors (Lipinski definition) is 7. The number of nitrogens with one attached hydrogen (secondary N) is 1. The molecule has 0 saturated heterocycles. The van der Waals surface area contributed by atoms with Gasteiger partial charge in [-0.3, -0.25) is 5.32 Å². The Labute approximate surface area is 167 Å². The quantitative estimate of drug-likeness (QED) is 0.270. The zero-order chi connectivity index (χ0) is 20.8. The van der Waals surface area contributed by atoms with Gasteiger partial charge in [0.15, 0.2) is 0 Å². The maximum atomic E-state index is 6.02. The first-order valence-electron chi connectivity index (χ1n) is 9.84. The summed E-state index contributed by atoms with van der Waals surface area (Å²) in [6, 6.07) is 0. The summed E-state index contributed by atoms with van der Waals surface area (Å²) in [5.41, 5.74) is -0.734. The molecule has 0 aliphatic carbocycles. The molecule has 2 atom stereocenters. The number of rotatable bonds is 18. The molecule has 160 valence electrons. The Morgan fingerprint density at radius 2 is 0.815 bits per heavy atom. The van der Waals surface area contributed by atoms with Gasteiger partial charge < -0.3 is 26.6 Å². The monoisotopic (exact) mass is 421 g/mol. The molecule has 0 spiro atoms. The minimum absolute atomic E-state index is 0.367. The van der Waals surface area contributed by atoms with E-state index < -0.39 is 17.6 Å². The SMILES string of the molecule is C=CC(NC(C=C)[Si](OCC)(OCC)OCC)[Si](OCC)(OCC)OCC. The van der Waals surface area contributed by atoms with Gasteiger partial charge in [-0.2, -0.15) is 0 Å². The lowest BCUT2D eigenvalue weighted by Gasteiger charge is -2.39. The third-order valence-electron chi connectivity index (χ3n) is 3.67. The van der Waals surface area contributed by atoms with Crippen LogP contribution in [-0.4, -0.2) is 68.6 Å². The molecule has 0 radical (unpaired) electrons. The molecular formula is C18H39NO6Si2. The number of hydrogen-bond donors (Lipinski definition) is 1. The molecule has 0 aromatic rings. The highest BCUT2D eigenvalue weighted by atomic mass is 28.4. The van der Waals surface area contributed by atoms with Crippen LogP contribution in [0.15, 0.2) is 25.3 Å². The van der Waals surface area contributed by atoms with Crippen molar-refractivity contribution >= 4 is 17.6 Å². The molecule has 0 aliphatic rings. The predicted molar refractivity (Wildman–Crippen MR) is 112 cm³/mol. The maximum Gasteiger partial charge on any atom is 0.522 e. The minimum atomic E-state index is -3.07. The second kappa shape index (κ2) is 14.6. The minimum Gasteiger partial charge on any atom is -0.373 e. The molecule has 0 amide bonds. The van der Waals surface area contributed by atoms with Crippen LogP contribution >= 0.6 is 0 Å². The zero-order valence-electron chi connectivity index (χ0n) is 17.9. The Hall–Kier alpha value is -0.366. The third-order valence-corrected chi connectivity index (χ3v) is 10.1. The van der Waals surface area contributed by atoms with E-state index in [9.17, 15) is 0 Å². The van der Waals surface area contributed by atoms with Crippen molar-refractivity contribution in [2.24, 2.45) is 0 Å². The average molecular weight is 422 g/mol. The fourth-order valence-electron chi connectivity index (χ4n) is 2.82. The van der Waals surface area contributed by atoms with E-state index in [1.807, 2.05) is 41.5 Å². The van der Waals surface area contributed by atoms with Gasteiger partial charge in [0, 0.05) is 39.6 Å². The Morgan fingerprint density at radius 3 is 0.963 bits per heavy atom. The molecule has 2 unspecified atom stereocenters. The van der Waals surface area contributed by atoms with Crippen LogP contribution in [-0.2, 0) is 26.6 Å². The van der Waals surface area contributed by atoms with Crippen molar-refractivity contribution in [1.82, 2.24) is 5.32 Å². The van der Waals surface area contributed by atoms with Crippen molar-refractivity contribution in [3.63, 3.8) is 0 Å². The summed E-state index contributed by atoms with van der Waals surface area (Å²) in [5.74, 6) is 0. The fraction of sp³-hybridized carbons (Fsp3) is 0.778. The molecule has 7 nitrogen and oxygen atoms in total. The van der Waals surface area contributed by atoms with Crippen LogP contribution in [0, 0.1) is 0 Å². The first-order valence-corrected chi connectivity index (χ1v) is 13.4. The maximum absolute atomic E-state index is 6.02. The molecule has 0 aromatic heterocycles. The van der Waals surface area contributed by atoms with E-state index in [2.05, 4.69) is 18.5 Å².